The van der Waals surface area contributed by atoms with Crippen molar-refractivity contribution >= 4 is 6.03 Å². The second-order valence-corrected chi connectivity index (χ2v) is 4.81. The first-order valence-corrected chi connectivity index (χ1v) is 5.70. The maximum absolute atomic E-state index is 11.7. The van der Waals surface area contributed by atoms with Gasteiger partial charge in [-0.25, -0.2) is 4.79 Å². The SMILES string of the molecule is CC1CCC(N2CCN(C)C2=O)CC1. The lowest BCUT2D eigenvalue weighted by Gasteiger charge is -2.33. The molecule has 0 N–H and O–H groups in total. The molecule has 1 saturated carbocycles. The van der Waals surface area contributed by atoms with E-state index in [0.717, 1.165) is 19.0 Å². The Morgan fingerprint density at radius 2 is 1.79 bits per heavy atom. The zero-order valence-electron chi connectivity index (χ0n) is 9.20. The van der Waals surface area contributed by atoms with E-state index < -0.39 is 0 Å². The Hall–Kier alpha value is -0.730. The third kappa shape index (κ3) is 1.72. The molecule has 0 radical (unpaired) electrons. The lowest BCUT2D eigenvalue weighted by Crippen LogP contribution is -2.40. The fourth-order valence-corrected chi connectivity index (χ4v) is 2.56. The maximum atomic E-state index is 11.7. The third-order valence-corrected chi connectivity index (χ3v) is 3.67. The normalized spacial score (nSPS) is 34.0. The van der Waals surface area contributed by atoms with E-state index in [2.05, 4.69) is 11.8 Å². The van der Waals surface area contributed by atoms with Crippen LogP contribution in [0.2, 0.25) is 0 Å². The quantitative estimate of drug-likeness (QED) is 0.628. The van der Waals surface area contributed by atoms with Crippen molar-refractivity contribution < 1.29 is 4.79 Å². The summed E-state index contributed by atoms with van der Waals surface area (Å²) >= 11 is 0. The maximum Gasteiger partial charge on any atom is 0.320 e. The highest BCUT2D eigenvalue weighted by Crippen LogP contribution is 2.28. The van der Waals surface area contributed by atoms with Gasteiger partial charge in [-0.15, -0.1) is 0 Å². The summed E-state index contributed by atoms with van der Waals surface area (Å²) in [5.74, 6) is 0.863. The number of urea groups is 1. The summed E-state index contributed by atoms with van der Waals surface area (Å²) in [6.07, 6.45) is 5.00. The highest BCUT2D eigenvalue weighted by molar-refractivity contribution is 5.76. The van der Waals surface area contributed by atoms with Crippen molar-refractivity contribution in [2.45, 2.75) is 38.6 Å². The standard InChI is InChI=1S/C11H20N2O/c1-9-3-5-10(6-4-9)13-8-7-12(2)11(13)14/h9-10H,3-8H2,1-2H3. The minimum absolute atomic E-state index is 0.240. The Bertz CT molecular complexity index is 221. The van der Waals surface area contributed by atoms with Gasteiger partial charge in [-0.2, -0.15) is 0 Å². The molecule has 2 fully saturated rings. The summed E-state index contributed by atoms with van der Waals surface area (Å²) in [5, 5.41) is 0. The van der Waals surface area contributed by atoms with Gasteiger partial charge in [0.15, 0.2) is 0 Å². The second-order valence-electron chi connectivity index (χ2n) is 4.81. The Kier molecular flexibility index (Phi) is 2.66. The Morgan fingerprint density at radius 3 is 2.29 bits per heavy atom. The third-order valence-electron chi connectivity index (χ3n) is 3.67. The van der Waals surface area contributed by atoms with Crippen LogP contribution in [-0.4, -0.2) is 42.0 Å². The van der Waals surface area contributed by atoms with Crippen molar-refractivity contribution in [3.8, 4) is 0 Å². The lowest BCUT2D eigenvalue weighted by molar-refractivity contribution is 0.158. The van der Waals surface area contributed by atoms with Gasteiger partial charge in [0.1, 0.15) is 0 Å². The van der Waals surface area contributed by atoms with E-state index in [4.69, 9.17) is 0 Å². The minimum Gasteiger partial charge on any atom is -0.326 e. The van der Waals surface area contributed by atoms with Crippen LogP contribution in [-0.2, 0) is 0 Å². The monoisotopic (exact) mass is 196 g/mol. The highest BCUT2D eigenvalue weighted by atomic mass is 16.2. The smallest absolute Gasteiger partial charge is 0.320 e. The van der Waals surface area contributed by atoms with Crippen molar-refractivity contribution in [2.75, 3.05) is 20.1 Å². The molecule has 0 spiro atoms. The summed E-state index contributed by atoms with van der Waals surface area (Å²) in [6, 6.07) is 0.771. The number of hydrogen-bond acceptors (Lipinski definition) is 1. The van der Waals surface area contributed by atoms with Gasteiger partial charge in [-0.3, -0.25) is 0 Å². The lowest BCUT2D eigenvalue weighted by atomic mass is 9.87. The summed E-state index contributed by atoms with van der Waals surface area (Å²) in [4.78, 5) is 15.6. The Morgan fingerprint density at radius 1 is 1.14 bits per heavy atom. The van der Waals surface area contributed by atoms with Crippen LogP contribution in [0.3, 0.4) is 0 Å². The largest absolute Gasteiger partial charge is 0.326 e. The van der Waals surface area contributed by atoms with Gasteiger partial charge in [0.05, 0.1) is 0 Å². The first kappa shape index (κ1) is 9.81. The molecule has 2 amide bonds. The van der Waals surface area contributed by atoms with Crippen LogP contribution >= 0.6 is 0 Å². The first-order chi connectivity index (χ1) is 6.68. The molecule has 0 aromatic carbocycles. The van der Waals surface area contributed by atoms with E-state index in [1.165, 1.54) is 25.7 Å². The van der Waals surface area contributed by atoms with E-state index in [1.54, 1.807) is 0 Å². The fraction of sp³-hybridized carbons (Fsp3) is 0.909. The topological polar surface area (TPSA) is 23.6 Å². The van der Waals surface area contributed by atoms with Crippen LogP contribution < -0.4 is 0 Å². The number of rotatable bonds is 1. The van der Waals surface area contributed by atoms with Crippen molar-refractivity contribution in [2.24, 2.45) is 5.92 Å². The first-order valence-electron chi connectivity index (χ1n) is 5.70. The number of carbonyl (C=O) groups is 1. The number of likely N-dealkylation sites (N-methyl/N-ethyl adjacent to an activating group) is 1. The highest BCUT2D eigenvalue weighted by Gasteiger charge is 2.33. The molecule has 0 bridgehead atoms. The molecule has 14 heavy (non-hydrogen) atoms. The van der Waals surface area contributed by atoms with Gasteiger partial charge in [0.2, 0.25) is 0 Å². The summed E-state index contributed by atoms with van der Waals surface area (Å²) in [7, 11) is 1.90. The molecule has 1 aliphatic heterocycles. The molecule has 1 heterocycles. The molecule has 2 rings (SSSR count). The average molecular weight is 196 g/mol. The van der Waals surface area contributed by atoms with Gasteiger partial charge in [0.25, 0.3) is 0 Å². The zero-order valence-corrected chi connectivity index (χ0v) is 9.20. The van der Waals surface area contributed by atoms with Crippen molar-refractivity contribution in [3.05, 3.63) is 0 Å². The molecular formula is C11H20N2O. The summed E-state index contributed by atoms with van der Waals surface area (Å²) in [5.41, 5.74) is 0. The van der Waals surface area contributed by atoms with Gasteiger partial charge < -0.3 is 9.80 Å². The fourth-order valence-electron chi connectivity index (χ4n) is 2.56. The van der Waals surface area contributed by atoms with E-state index in [9.17, 15) is 4.79 Å². The van der Waals surface area contributed by atoms with Gasteiger partial charge in [-0.1, -0.05) is 6.92 Å². The Balaban J connectivity index is 1.93. The molecule has 3 nitrogen and oxygen atoms in total. The number of hydrogen-bond donors (Lipinski definition) is 0. The van der Waals surface area contributed by atoms with Crippen LogP contribution in [0.4, 0.5) is 4.79 Å². The molecule has 1 aliphatic carbocycles. The van der Waals surface area contributed by atoms with Crippen LogP contribution in [0.15, 0.2) is 0 Å². The molecule has 2 aliphatic rings. The minimum atomic E-state index is 0.240. The van der Waals surface area contributed by atoms with Crippen LogP contribution in [0.1, 0.15) is 32.6 Å². The predicted molar refractivity (Wildman–Crippen MR) is 56.2 cm³/mol. The summed E-state index contributed by atoms with van der Waals surface area (Å²) in [6.45, 7) is 4.16. The Labute approximate surface area is 86.1 Å². The van der Waals surface area contributed by atoms with E-state index in [0.29, 0.717) is 6.04 Å². The number of carbonyl (C=O) groups excluding carboxylic acids is 1. The van der Waals surface area contributed by atoms with Crippen molar-refractivity contribution in [3.63, 3.8) is 0 Å². The van der Waals surface area contributed by atoms with Crippen LogP contribution in [0, 0.1) is 5.92 Å². The zero-order chi connectivity index (χ0) is 10.1. The van der Waals surface area contributed by atoms with Gasteiger partial charge >= 0.3 is 6.03 Å². The average Bonchev–Trinajstić information content (AvgIpc) is 2.50. The van der Waals surface area contributed by atoms with E-state index in [1.807, 2.05) is 11.9 Å². The number of nitrogens with zero attached hydrogens (tertiary/aromatic N) is 2. The summed E-state index contributed by atoms with van der Waals surface area (Å²) < 4.78 is 0. The second kappa shape index (κ2) is 3.79. The molecule has 0 unspecified atom stereocenters. The predicted octanol–water partition coefficient (Wildman–Crippen LogP) is 1.93. The molecule has 0 aromatic rings. The molecule has 0 atom stereocenters. The molecule has 80 valence electrons. The van der Waals surface area contributed by atoms with Crippen molar-refractivity contribution in [1.82, 2.24) is 9.80 Å². The van der Waals surface area contributed by atoms with E-state index in [-0.39, 0.29) is 6.03 Å². The van der Waals surface area contributed by atoms with Crippen molar-refractivity contribution in [1.29, 1.82) is 0 Å². The molecule has 1 saturated heterocycles. The molecule has 3 heteroatoms. The molecular weight excluding hydrogens is 176 g/mol. The van der Waals surface area contributed by atoms with Crippen LogP contribution in [0.25, 0.3) is 0 Å². The van der Waals surface area contributed by atoms with Crippen LogP contribution in [0.5, 0.6) is 0 Å². The molecule has 0 aromatic heterocycles. The van der Waals surface area contributed by atoms with E-state index >= 15 is 0 Å². The van der Waals surface area contributed by atoms with Gasteiger partial charge in [0, 0.05) is 26.2 Å². The van der Waals surface area contributed by atoms with Gasteiger partial charge in [-0.05, 0) is 31.6 Å². The number of amides is 2.